The topological polar surface area (TPSA) is 58.2 Å². The first-order valence-electron chi connectivity index (χ1n) is 6.45. The number of sulfonamides is 1. The number of thioether (sulfide) groups is 1. The number of hydrogen-bond donors (Lipinski definition) is 2. The highest BCUT2D eigenvalue weighted by molar-refractivity contribution is 7.99. The molecule has 2 N–H and O–H groups in total. The lowest BCUT2D eigenvalue weighted by atomic mass is 10.0. The van der Waals surface area contributed by atoms with Crippen LogP contribution in [0.3, 0.4) is 0 Å². The molecule has 1 unspecified atom stereocenters. The first kappa shape index (κ1) is 13.6. The summed E-state index contributed by atoms with van der Waals surface area (Å²) in [5, 5.41) is 2.93. The van der Waals surface area contributed by atoms with E-state index in [1.165, 1.54) is 11.5 Å². The molecule has 2 saturated heterocycles. The summed E-state index contributed by atoms with van der Waals surface area (Å²) in [6.45, 7) is 2.20. The number of rotatable bonds is 4. The molecule has 4 nitrogen and oxygen atoms in total. The first-order valence-corrected chi connectivity index (χ1v) is 9.15. The molecule has 2 fully saturated rings. The molecule has 2 rings (SSSR count). The highest BCUT2D eigenvalue weighted by Crippen LogP contribution is 2.22. The average Bonchev–Trinajstić information content (AvgIpc) is 2.39. The van der Waals surface area contributed by atoms with Gasteiger partial charge in [-0.1, -0.05) is 0 Å². The van der Waals surface area contributed by atoms with Crippen LogP contribution in [0.1, 0.15) is 25.7 Å². The average molecular weight is 278 g/mol. The Morgan fingerprint density at radius 3 is 2.65 bits per heavy atom. The van der Waals surface area contributed by atoms with Crippen molar-refractivity contribution in [1.82, 2.24) is 10.0 Å². The maximum Gasteiger partial charge on any atom is 0.215 e. The molecule has 100 valence electrons. The van der Waals surface area contributed by atoms with Gasteiger partial charge in [-0.05, 0) is 49.7 Å². The minimum absolute atomic E-state index is 0.228. The standard InChI is InChI=1S/C11H22N2O2S2/c14-17(15,11-2-1-5-12-9-11)13-8-10-3-6-16-7-4-10/h10-13H,1-9H2. The third-order valence-electron chi connectivity index (χ3n) is 3.60. The summed E-state index contributed by atoms with van der Waals surface area (Å²) < 4.78 is 27.0. The molecule has 0 bridgehead atoms. The smallest absolute Gasteiger partial charge is 0.215 e. The Morgan fingerprint density at radius 2 is 2.00 bits per heavy atom. The van der Waals surface area contributed by atoms with E-state index < -0.39 is 10.0 Å². The van der Waals surface area contributed by atoms with Gasteiger partial charge in [-0.15, -0.1) is 0 Å². The lowest BCUT2D eigenvalue weighted by Gasteiger charge is -2.26. The largest absolute Gasteiger partial charge is 0.315 e. The third kappa shape index (κ3) is 4.12. The van der Waals surface area contributed by atoms with Crippen LogP contribution in [0.2, 0.25) is 0 Å². The Hall–Kier alpha value is 0.220. The number of hydrogen-bond acceptors (Lipinski definition) is 4. The zero-order valence-electron chi connectivity index (χ0n) is 10.2. The van der Waals surface area contributed by atoms with Crippen molar-refractivity contribution < 1.29 is 8.42 Å². The second-order valence-electron chi connectivity index (χ2n) is 4.92. The fraction of sp³-hybridized carbons (Fsp3) is 1.00. The van der Waals surface area contributed by atoms with E-state index in [1.54, 1.807) is 0 Å². The summed E-state index contributed by atoms with van der Waals surface area (Å²) >= 11 is 1.97. The number of piperidine rings is 1. The van der Waals surface area contributed by atoms with Gasteiger partial charge in [-0.25, -0.2) is 13.1 Å². The van der Waals surface area contributed by atoms with Crippen molar-refractivity contribution in [1.29, 1.82) is 0 Å². The molecule has 2 heterocycles. The lowest BCUT2D eigenvalue weighted by Crippen LogP contribution is -2.45. The van der Waals surface area contributed by atoms with E-state index in [0.29, 0.717) is 19.0 Å². The van der Waals surface area contributed by atoms with Gasteiger partial charge in [-0.2, -0.15) is 11.8 Å². The highest BCUT2D eigenvalue weighted by atomic mass is 32.2. The first-order chi connectivity index (χ1) is 8.18. The molecule has 0 saturated carbocycles. The maximum absolute atomic E-state index is 12.1. The SMILES string of the molecule is O=S(=O)(NCC1CCSCC1)C1CCCNC1. The van der Waals surface area contributed by atoms with Gasteiger partial charge in [0.05, 0.1) is 5.25 Å². The normalized spacial score (nSPS) is 28.1. The Kier molecular flexibility index (Phi) is 5.14. The summed E-state index contributed by atoms with van der Waals surface area (Å²) in [5.41, 5.74) is 0. The summed E-state index contributed by atoms with van der Waals surface area (Å²) in [4.78, 5) is 0. The van der Waals surface area contributed by atoms with Crippen LogP contribution < -0.4 is 10.0 Å². The molecule has 0 aromatic heterocycles. The Balaban J connectivity index is 1.79. The van der Waals surface area contributed by atoms with Crippen LogP contribution in [0, 0.1) is 5.92 Å². The quantitative estimate of drug-likeness (QED) is 0.799. The van der Waals surface area contributed by atoms with Crippen LogP contribution >= 0.6 is 11.8 Å². The van der Waals surface area contributed by atoms with Gasteiger partial charge in [0, 0.05) is 13.1 Å². The van der Waals surface area contributed by atoms with Gasteiger partial charge in [0.15, 0.2) is 0 Å². The van der Waals surface area contributed by atoms with Gasteiger partial charge in [-0.3, -0.25) is 0 Å². The van der Waals surface area contributed by atoms with Crippen molar-refractivity contribution in [3.8, 4) is 0 Å². The van der Waals surface area contributed by atoms with E-state index in [4.69, 9.17) is 0 Å². The zero-order chi connectivity index (χ0) is 12.1. The number of nitrogens with one attached hydrogen (secondary N) is 2. The monoisotopic (exact) mass is 278 g/mol. The van der Waals surface area contributed by atoms with E-state index in [-0.39, 0.29) is 5.25 Å². The van der Waals surface area contributed by atoms with Crippen LogP contribution in [0.25, 0.3) is 0 Å². The van der Waals surface area contributed by atoms with E-state index >= 15 is 0 Å². The van der Waals surface area contributed by atoms with Gasteiger partial charge in [0.1, 0.15) is 0 Å². The molecule has 0 aromatic rings. The predicted octanol–water partition coefficient (Wildman–Crippen LogP) is 0.801. The van der Waals surface area contributed by atoms with Gasteiger partial charge in [0.2, 0.25) is 10.0 Å². The van der Waals surface area contributed by atoms with E-state index in [9.17, 15) is 8.42 Å². The minimum Gasteiger partial charge on any atom is -0.315 e. The van der Waals surface area contributed by atoms with Crippen molar-refractivity contribution in [2.45, 2.75) is 30.9 Å². The van der Waals surface area contributed by atoms with E-state index in [1.807, 2.05) is 11.8 Å². The molecule has 17 heavy (non-hydrogen) atoms. The summed E-state index contributed by atoms with van der Waals surface area (Å²) in [6, 6.07) is 0. The molecular weight excluding hydrogens is 256 g/mol. The molecule has 1 atom stereocenters. The molecule has 0 spiro atoms. The van der Waals surface area contributed by atoms with Crippen LogP contribution in [0.15, 0.2) is 0 Å². The molecule has 0 aromatic carbocycles. The Bertz CT molecular complexity index is 320. The maximum atomic E-state index is 12.1. The van der Waals surface area contributed by atoms with Crippen LogP contribution in [-0.4, -0.2) is 44.8 Å². The fourth-order valence-corrected chi connectivity index (χ4v) is 5.11. The molecule has 0 radical (unpaired) electrons. The van der Waals surface area contributed by atoms with Crippen molar-refractivity contribution in [2.24, 2.45) is 5.92 Å². The molecule has 2 aliphatic rings. The van der Waals surface area contributed by atoms with Crippen molar-refractivity contribution in [3.63, 3.8) is 0 Å². The lowest BCUT2D eigenvalue weighted by molar-refractivity contribution is 0.460. The highest BCUT2D eigenvalue weighted by Gasteiger charge is 2.27. The van der Waals surface area contributed by atoms with Crippen molar-refractivity contribution in [3.05, 3.63) is 0 Å². The summed E-state index contributed by atoms with van der Waals surface area (Å²) in [7, 11) is -3.10. The van der Waals surface area contributed by atoms with Gasteiger partial charge in [0.25, 0.3) is 0 Å². The van der Waals surface area contributed by atoms with Crippen LogP contribution in [0.4, 0.5) is 0 Å². The summed E-state index contributed by atoms with van der Waals surface area (Å²) in [5.74, 6) is 2.90. The second-order valence-corrected chi connectivity index (χ2v) is 8.19. The fourth-order valence-electron chi connectivity index (χ4n) is 2.39. The molecular formula is C11H22N2O2S2. The second kappa shape index (κ2) is 6.41. The third-order valence-corrected chi connectivity index (χ3v) is 6.50. The van der Waals surface area contributed by atoms with E-state index in [2.05, 4.69) is 10.0 Å². The molecule has 6 heteroatoms. The predicted molar refractivity (Wildman–Crippen MR) is 72.9 cm³/mol. The Morgan fingerprint density at radius 1 is 1.24 bits per heavy atom. The molecule has 0 aliphatic carbocycles. The van der Waals surface area contributed by atoms with Crippen LogP contribution in [-0.2, 0) is 10.0 Å². The Labute approximate surface area is 108 Å². The minimum atomic E-state index is -3.10. The van der Waals surface area contributed by atoms with Crippen molar-refractivity contribution >= 4 is 21.8 Å². The summed E-state index contributed by atoms with van der Waals surface area (Å²) in [6.07, 6.45) is 4.06. The van der Waals surface area contributed by atoms with Gasteiger partial charge >= 0.3 is 0 Å². The molecule has 2 aliphatic heterocycles. The van der Waals surface area contributed by atoms with Crippen LogP contribution in [0.5, 0.6) is 0 Å². The van der Waals surface area contributed by atoms with Crippen molar-refractivity contribution in [2.75, 3.05) is 31.1 Å². The van der Waals surface area contributed by atoms with Gasteiger partial charge < -0.3 is 5.32 Å². The van der Waals surface area contributed by atoms with E-state index in [0.717, 1.165) is 32.2 Å². The molecule has 0 amide bonds. The zero-order valence-corrected chi connectivity index (χ0v) is 11.8.